The number of nitrogens with zero attached hydrogens (tertiary/aromatic N) is 1. The van der Waals surface area contributed by atoms with Crippen molar-refractivity contribution in [1.82, 2.24) is 5.43 Å². The Hall–Kier alpha value is -3.05. The van der Waals surface area contributed by atoms with Crippen LogP contribution in [0.5, 0.6) is 11.5 Å². The third-order valence-electron chi connectivity index (χ3n) is 4.06. The molecule has 2 N–H and O–H groups in total. The van der Waals surface area contributed by atoms with Gasteiger partial charge in [-0.1, -0.05) is 48.0 Å². The van der Waals surface area contributed by atoms with Gasteiger partial charge in [-0.2, -0.15) is 5.10 Å². The predicted octanol–water partition coefficient (Wildman–Crippen LogP) is 4.28. The molecule has 0 radical (unpaired) electrons. The second kappa shape index (κ2) is 7.45. The van der Waals surface area contributed by atoms with E-state index >= 15 is 0 Å². The van der Waals surface area contributed by atoms with E-state index in [4.69, 9.17) is 16.3 Å². The van der Waals surface area contributed by atoms with E-state index in [2.05, 4.69) is 10.5 Å². The lowest BCUT2D eigenvalue weighted by Crippen LogP contribution is -2.19. The summed E-state index contributed by atoms with van der Waals surface area (Å²) in [5.74, 6) is -0.221. The Kier molecular flexibility index (Phi) is 5.09. The zero-order chi connectivity index (χ0) is 18.7. The lowest BCUT2D eigenvalue weighted by molar-refractivity contribution is 0.0956. The van der Waals surface area contributed by atoms with E-state index in [0.29, 0.717) is 11.1 Å². The summed E-state index contributed by atoms with van der Waals surface area (Å²) >= 11 is 6.08. The molecule has 0 bridgehead atoms. The van der Waals surface area contributed by atoms with Crippen molar-refractivity contribution in [2.45, 2.75) is 6.92 Å². The van der Waals surface area contributed by atoms with Gasteiger partial charge in [-0.15, -0.1) is 0 Å². The third kappa shape index (κ3) is 3.34. The molecular weight excluding hydrogens is 352 g/mol. The number of hydrazone groups is 1. The van der Waals surface area contributed by atoms with Gasteiger partial charge in [-0.3, -0.25) is 4.79 Å². The van der Waals surface area contributed by atoms with Gasteiger partial charge in [0.1, 0.15) is 0 Å². The molecule has 0 unspecified atom stereocenters. The molecule has 132 valence electrons. The smallest absolute Gasteiger partial charge is 0.272 e. The van der Waals surface area contributed by atoms with Crippen LogP contribution in [-0.2, 0) is 0 Å². The van der Waals surface area contributed by atoms with Gasteiger partial charge in [0.25, 0.3) is 5.91 Å². The minimum absolute atomic E-state index is 0.101. The van der Waals surface area contributed by atoms with Crippen molar-refractivity contribution in [3.8, 4) is 11.5 Å². The second-order valence-corrected chi connectivity index (χ2v) is 6.08. The van der Waals surface area contributed by atoms with Gasteiger partial charge in [0.15, 0.2) is 11.5 Å². The Morgan fingerprint density at radius 2 is 1.96 bits per heavy atom. The first-order valence-electron chi connectivity index (χ1n) is 7.90. The van der Waals surface area contributed by atoms with E-state index in [-0.39, 0.29) is 22.4 Å². The molecule has 3 aromatic carbocycles. The number of carbonyl (C=O) groups is 1. The number of carbonyl (C=O) groups excluding carboxylic acids is 1. The highest BCUT2D eigenvalue weighted by Crippen LogP contribution is 2.35. The zero-order valence-corrected chi connectivity index (χ0v) is 15.0. The highest BCUT2D eigenvalue weighted by molar-refractivity contribution is 6.34. The number of hydrogen-bond donors (Lipinski definition) is 2. The maximum absolute atomic E-state index is 12.6. The number of benzene rings is 3. The predicted molar refractivity (Wildman–Crippen MR) is 103 cm³/mol. The third-order valence-corrected chi connectivity index (χ3v) is 4.46. The first-order chi connectivity index (χ1) is 12.5. The summed E-state index contributed by atoms with van der Waals surface area (Å²) in [5.41, 5.74) is 4.40. The number of rotatable bonds is 4. The number of fused-ring (bicyclic) bond motifs is 1. The zero-order valence-electron chi connectivity index (χ0n) is 14.3. The molecule has 0 aliphatic carbocycles. The van der Waals surface area contributed by atoms with E-state index in [9.17, 15) is 9.90 Å². The van der Waals surface area contributed by atoms with Gasteiger partial charge in [0.05, 0.1) is 23.9 Å². The van der Waals surface area contributed by atoms with Gasteiger partial charge in [0, 0.05) is 5.56 Å². The van der Waals surface area contributed by atoms with Crippen molar-refractivity contribution in [2.24, 2.45) is 5.10 Å². The maximum Gasteiger partial charge on any atom is 0.272 e. The minimum atomic E-state index is -0.315. The van der Waals surface area contributed by atoms with Gasteiger partial charge in [0.2, 0.25) is 0 Å². The molecule has 3 aromatic rings. The number of phenols is 1. The van der Waals surface area contributed by atoms with Crippen molar-refractivity contribution >= 4 is 34.5 Å². The van der Waals surface area contributed by atoms with E-state index in [0.717, 1.165) is 16.3 Å². The number of nitrogens with one attached hydrogen (secondary N) is 1. The van der Waals surface area contributed by atoms with E-state index in [1.807, 2.05) is 43.3 Å². The SMILES string of the molecule is COc1ccc(/C=N\NC(=O)c2c(C)ccc3ccccc23)c(Cl)c1O. The Morgan fingerprint density at radius 1 is 1.19 bits per heavy atom. The second-order valence-electron chi connectivity index (χ2n) is 5.70. The quantitative estimate of drug-likeness (QED) is 0.533. The van der Waals surface area contributed by atoms with Crippen LogP contribution in [0, 0.1) is 6.92 Å². The summed E-state index contributed by atoms with van der Waals surface area (Å²) in [6.07, 6.45) is 1.37. The topological polar surface area (TPSA) is 70.9 Å². The Balaban J connectivity index is 1.85. The molecule has 5 nitrogen and oxygen atoms in total. The van der Waals surface area contributed by atoms with Crippen LogP contribution < -0.4 is 10.2 Å². The molecule has 0 spiro atoms. The average molecular weight is 369 g/mol. The summed E-state index contributed by atoms with van der Waals surface area (Å²) in [7, 11) is 1.44. The fraction of sp³-hybridized carbons (Fsp3) is 0.100. The molecule has 0 saturated heterocycles. The van der Waals surface area contributed by atoms with E-state index in [1.54, 1.807) is 12.1 Å². The summed E-state index contributed by atoms with van der Waals surface area (Å²) in [5, 5.41) is 15.8. The molecule has 0 aromatic heterocycles. The highest BCUT2D eigenvalue weighted by Gasteiger charge is 2.13. The lowest BCUT2D eigenvalue weighted by Gasteiger charge is -2.09. The molecule has 0 atom stereocenters. The largest absolute Gasteiger partial charge is 0.503 e. The van der Waals surface area contributed by atoms with Crippen molar-refractivity contribution in [3.63, 3.8) is 0 Å². The molecule has 3 rings (SSSR count). The van der Waals surface area contributed by atoms with Crippen molar-refractivity contribution in [3.05, 3.63) is 70.2 Å². The lowest BCUT2D eigenvalue weighted by atomic mass is 9.99. The van der Waals surface area contributed by atoms with Crippen LogP contribution in [0.25, 0.3) is 10.8 Å². The maximum atomic E-state index is 12.6. The monoisotopic (exact) mass is 368 g/mol. The van der Waals surface area contributed by atoms with Crippen LogP contribution in [-0.4, -0.2) is 24.3 Å². The molecule has 0 fully saturated rings. The van der Waals surface area contributed by atoms with Crippen molar-refractivity contribution < 1.29 is 14.6 Å². The molecule has 26 heavy (non-hydrogen) atoms. The number of aromatic hydroxyl groups is 1. The molecular formula is C20H17ClN2O3. The number of phenolic OH excluding ortho intramolecular Hbond substituents is 1. The Bertz CT molecular complexity index is 1020. The van der Waals surface area contributed by atoms with Gasteiger partial charge >= 0.3 is 0 Å². The highest BCUT2D eigenvalue weighted by atomic mass is 35.5. The van der Waals surface area contributed by atoms with Crippen molar-refractivity contribution in [1.29, 1.82) is 0 Å². The number of amides is 1. The molecule has 0 aliphatic rings. The van der Waals surface area contributed by atoms with Crippen molar-refractivity contribution in [2.75, 3.05) is 7.11 Å². The average Bonchev–Trinajstić information content (AvgIpc) is 2.65. The molecule has 6 heteroatoms. The Labute approximate surface area is 155 Å². The van der Waals surface area contributed by atoms with Crippen LogP contribution in [0.2, 0.25) is 5.02 Å². The van der Waals surface area contributed by atoms with Crippen LogP contribution in [0.1, 0.15) is 21.5 Å². The summed E-state index contributed by atoms with van der Waals surface area (Å²) < 4.78 is 4.99. The number of aryl methyl sites for hydroxylation is 1. The van der Waals surface area contributed by atoms with E-state index < -0.39 is 0 Å². The summed E-state index contributed by atoms with van der Waals surface area (Å²) in [6.45, 7) is 1.88. The molecule has 0 heterocycles. The van der Waals surface area contributed by atoms with Crippen LogP contribution in [0.3, 0.4) is 0 Å². The standard InChI is InChI=1S/C20H17ClN2O3/c1-12-7-8-13-5-3-4-6-15(13)17(12)20(25)23-22-11-14-9-10-16(26-2)19(24)18(14)21/h3-11,24H,1-2H3,(H,23,25)/b22-11-. The molecule has 0 aliphatic heterocycles. The molecule has 0 saturated carbocycles. The number of ether oxygens (including phenoxy) is 1. The van der Waals surface area contributed by atoms with Crippen LogP contribution >= 0.6 is 11.6 Å². The molecule has 1 amide bonds. The normalized spacial score (nSPS) is 11.0. The van der Waals surface area contributed by atoms with Crippen LogP contribution in [0.4, 0.5) is 0 Å². The first kappa shape index (κ1) is 17.8. The fourth-order valence-electron chi connectivity index (χ4n) is 2.73. The number of halogens is 1. The number of hydrogen-bond acceptors (Lipinski definition) is 4. The summed E-state index contributed by atoms with van der Waals surface area (Å²) in [6, 6.07) is 14.8. The van der Waals surface area contributed by atoms with Crippen LogP contribution in [0.15, 0.2) is 53.6 Å². The van der Waals surface area contributed by atoms with Gasteiger partial charge in [-0.25, -0.2) is 5.43 Å². The number of methoxy groups -OCH3 is 1. The first-order valence-corrected chi connectivity index (χ1v) is 8.28. The Morgan fingerprint density at radius 3 is 2.73 bits per heavy atom. The minimum Gasteiger partial charge on any atom is -0.503 e. The fourth-order valence-corrected chi connectivity index (χ4v) is 2.93. The van der Waals surface area contributed by atoms with E-state index in [1.165, 1.54) is 13.3 Å². The summed E-state index contributed by atoms with van der Waals surface area (Å²) in [4.78, 5) is 12.6. The van der Waals surface area contributed by atoms with Gasteiger partial charge < -0.3 is 9.84 Å². The van der Waals surface area contributed by atoms with Gasteiger partial charge in [-0.05, 0) is 35.4 Å².